The van der Waals surface area contributed by atoms with Gasteiger partial charge in [-0.25, -0.2) is 9.97 Å². The molecule has 0 aliphatic heterocycles. The van der Waals surface area contributed by atoms with E-state index in [9.17, 15) is 0 Å². The highest BCUT2D eigenvalue weighted by atomic mass is 16.5. The Morgan fingerprint density at radius 1 is 0.373 bits per heavy atom. The Kier molecular flexibility index (Phi) is 12.7. The number of rotatable bonds is 12. The lowest BCUT2D eigenvalue weighted by molar-refractivity contribution is 0.483. The summed E-state index contributed by atoms with van der Waals surface area (Å²) in [4.78, 5) is 16.4. The fourth-order valence-corrected chi connectivity index (χ4v) is 12.7. The lowest BCUT2D eigenvalue weighted by atomic mass is 9.88. The van der Waals surface area contributed by atoms with Crippen LogP contribution >= 0.6 is 0 Å². The molecule has 0 aliphatic rings. The summed E-state index contributed by atoms with van der Waals surface area (Å²) in [5, 5.41) is 5.04. The average molecular weight is 1080 g/mol. The quantitative estimate of drug-likeness (QED) is 0.114. The zero-order valence-electron chi connectivity index (χ0n) is 48.5. The third-order valence-electron chi connectivity index (χ3n) is 16.7. The van der Waals surface area contributed by atoms with Crippen molar-refractivity contribution in [1.29, 1.82) is 0 Å². The smallest absolute Gasteiger partial charge is 0.149 e. The number of fused-ring (bicyclic) bond motifs is 9. The van der Waals surface area contributed by atoms with E-state index in [2.05, 4.69) is 272 Å². The molecule has 0 saturated carbocycles. The first-order chi connectivity index (χ1) is 40.4. The van der Waals surface area contributed by atoms with Gasteiger partial charge in [0, 0.05) is 16.6 Å². The van der Waals surface area contributed by atoms with Crippen molar-refractivity contribution in [3.05, 3.63) is 234 Å². The van der Waals surface area contributed by atoms with E-state index in [1.54, 1.807) is 0 Å². The number of furan rings is 1. The molecule has 0 spiro atoms. The second kappa shape index (κ2) is 20.4. The Labute approximate surface area is 484 Å². The van der Waals surface area contributed by atoms with Crippen LogP contribution in [0.5, 0.6) is 11.5 Å². The number of hydrogen-bond donors (Lipinski definition) is 0. The van der Waals surface area contributed by atoms with E-state index in [4.69, 9.17) is 24.1 Å². The SMILES string of the molecule is Cc1nc2ccc3ccccc3c2c2oc3c(-c4nc5ccccc5n4-c4c(C(C)C)cc(-c5ccccc5)cc4C(C)C)cc(Oc4cccc(-c5nc6ccccc6n5-c5c(C(C)C)cc(-c6ccccc6)cc5C(C)C)c4)cc3c12. The number of aromatic nitrogens is 5. The molecule has 7 heteroatoms. The summed E-state index contributed by atoms with van der Waals surface area (Å²) in [5.74, 6) is 3.74. The highest BCUT2D eigenvalue weighted by Gasteiger charge is 2.29. The highest BCUT2D eigenvalue weighted by Crippen LogP contribution is 2.48. The molecule has 0 N–H and O–H groups in total. The maximum atomic E-state index is 7.45. The molecule has 14 aromatic rings. The Morgan fingerprint density at radius 3 is 1.46 bits per heavy atom. The molecule has 4 heterocycles. The van der Waals surface area contributed by atoms with E-state index >= 15 is 0 Å². The van der Waals surface area contributed by atoms with Gasteiger partial charge in [0.05, 0.1) is 55.3 Å². The molecule has 406 valence electrons. The van der Waals surface area contributed by atoms with Gasteiger partial charge in [-0.3, -0.25) is 14.1 Å². The van der Waals surface area contributed by atoms with Crippen molar-refractivity contribution in [1.82, 2.24) is 24.1 Å². The first kappa shape index (κ1) is 51.5. The van der Waals surface area contributed by atoms with Crippen LogP contribution in [0.2, 0.25) is 0 Å². The number of aryl methyl sites for hydroxylation is 1. The van der Waals surface area contributed by atoms with E-state index < -0.39 is 0 Å². The first-order valence-corrected chi connectivity index (χ1v) is 29.3. The number of imidazole rings is 2. The van der Waals surface area contributed by atoms with Crippen LogP contribution in [0.4, 0.5) is 0 Å². The van der Waals surface area contributed by atoms with Gasteiger partial charge in [-0.2, -0.15) is 0 Å². The molecule has 0 amide bonds. The summed E-state index contributed by atoms with van der Waals surface area (Å²) in [6, 6.07) is 73.5. The summed E-state index contributed by atoms with van der Waals surface area (Å²) in [7, 11) is 0. The average Bonchev–Trinajstić information content (AvgIpc) is 2.16. The second-order valence-corrected chi connectivity index (χ2v) is 23.5. The molecule has 83 heavy (non-hydrogen) atoms. The lowest BCUT2D eigenvalue weighted by Gasteiger charge is -2.24. The Bertz CT molecular complexity index is 4790. The summed E-state index contributed by atoms with van der Waals surface area (Å²) in [6.07, 6.45) is 0. The number of pyridine rings is 1. The lowest BCUT2D eigenvalue weighted by Crippen LogP contribution is -2.09. The van der Waals surface area contributed by atoms with E-state index in [0.29, 0.717) is 11.5 Å². The predicted molar refractivity (Wildman–Crippen MR) is 345 cm³/mol. The molecule has 4 aromatic heterocycles. The molecule has 0 aliphatic carbocycles. The molecular weight excluding hydrogens is 1010 g/mol. The number of benzene rings is 10. The van der Waals surface area contributed by atoms with Crippen molar-refractivity contribution >= 4 is 65.7 Å². The third kappa shape index (κ3) is 8.76. The molecule has 0 unspecified atom stereocenters. The highest BCUT2D eigenvalue weighted by molar-refractivity contribution is 6.24. The van der Waals surface area contributed by atoms with Gasteiger partial charge in [0.15, 0.2) is 0 Å². The summed E-state index contributed by atoms with van der Waals surface area (Å²) < 4.78 is 19.6. The van der Waals surface area contributed by atoms with Crippen molar-refractivity contribution < 1.29 is 9.15 Å². The van der Waals surface area contributed by atoms with Gasteiger partial charge in [-0.05, 0) is 165 Å². The van der Waals surface area contributed by atoms with Crippen molar-refractivity contribution in [3.8, 4) is 67.9 Å². The zero-order chi connectivity index (χ0) is 56.8. The minimum atomic E-state index is 0.178. The second-order valence-electron chi connectivity index (χ2n) is 23.5. The normalized spacial score (nSPS) is 12.1. The van der Waals surface area contributed by atoms with Gasteiger partial charge < -0.3 is 9.15 Å². The van der Waals surface area contributed by atoms with E-state index in [1.165, 1.54) is 50.2 Å². The number of para-hydroxylation sites is 4. The molecule has 0 saturated heterocycles. The fraction of sp³-hybridized carbons (Fsp3) is 0.171. The topological polar surface area (TPSA) is 70.9 Å². The van der Waals surface area contributed by atoms with Gasteiger partial charge in [-0.1, -0.05) is 183 Å². The summed E-state index contributed by atoms with van der Waals surface area (Å²) in [5.41, 5.74) is 21.0. The van der Waals surface area contributed by atoms with E-state index in [0.717, 1.165) is 99.8 Å². The molecular formula is C76H65N5O2. The van der Waals surface area contributed by atoms with Gasteiger partial charge in [0.25, 0.3) is 0 Å². The molecule has 0 fully saturated rings. The predicted octanol–water partition coefficient (Wildman–Crippen LogP) is 21.2. The molecule has 0 bridgehead atoms. The molecule has 0 atom stereocenters. The minimum Gasteiger partial charge on any atom is -0.457 e. The minimum absolute atomic E-state index is 0.178. The van der Waals surface area contributed by atoms with Crippen molar-refractivity contribution in [2.45, 2.75) is 86.0 Å². The largest absolute Gasteiger partial charge is 0.457 e. The van der Waals surface area contributed by atoms with Gasteiger partial charge in [0.1, 0.15) is 34.3 Å². The number of ether oxygens (including phenoxy) is 1. The standard InChI is InChI=1S/C76H65N5O2/c1-44(2)58-38-53(49-23-12-10-13-24-49)39-59(45(3)4)71(58)80-67-33-20-18-31-64(67)78-75(80)52-28-22-29-55(37-52)82-56-42-62-69-48(9)77-66-36-35-51-27-16-17-30-57(51)70(66)74(69)83-73(62)63(43-56)76-79-65-32-19-21-34-68(65)81(76)72-60(46(5)6)40-54(41-61(72)47(7)8)50-25-14-11-15-26-50/h10-47H,1-9H3. The van der Waals surface area contributed by atoms with Crippen LogP contribution in [0.15, 0.2) is 211 Å². The fourth-order valence-electron chi connectivity index (χ4n) is 12.7. The van der Waals surface area contributed by atoms with Crippen LogP contribution < -0.4 is 4.74 Å². The Balaban J connectivity index is 1.01. The maximum Gasteiger partial charge on any atom is 0.149 e. The molecule has 14 rings (SSSR count). The van der Waals surface area contributed by atoms with Crippen molar-refractivity contribution in [2.24, 2.45) is 0 Å². The Morgan fingerprint density at radius 2 is 0.880 bits per heavy atom. The summed E-state index contributed by atoms with van der Waals surface area (Å²) in [6.45, 7) is 20.5. The van der Waals surface area contributed by atoms with Crippen LogP contribution in [0.3, 0.4) is 0 Å². The molecule has 10 aromatic carbocycles. The summed E-state index contributed by atoms with van der Waals surface area (Å²) >= 11 is 0. The van der Waals surface area contributed by atoms with E-state index in [-0.39, 0.29) is 23.7 Å². The van der Waals surface area contributed by atoms with Gasteiger partial charge in [0.2, 0.25) is 0 Å². The van der Waals surface area contributed by atoms with Crippen LogP contribution in [0, 0.1) is 6.92 Å². The maximum absolute atomic E-state index is 7.45. The number of hydrogen-bond acceptors (Lipinski definition) is 5. The monoisotopic (exact) mass is 1080 g/mol. The number of nitrogens with zero attached hydrogens (tertiary/aromatic N) is 5. The first-order valence-electron chi connectivity index (χ1n) is 29.3. The third-order valence-corrected chi connectivity index (χ3v) is 16.7. The van der Waals surface area contributed by atoms with Crippen molar-refractivity contribution in [3.63, 3.8) is 0 Å². The Hall–Kier alpha value is -9.59. The van der Waals surface area contributed by atoms with Crippen molar-refractivity contribution in [2.75, 3.05) is 0 Å². The zero-order valence-corrected chi connectivity index (χ0v) is 48.5. The van der Waals surface area contributed by atoms with Gasteiger partial charge >= 0.3 is 0 Å². The van der Waals surface area contributed by atoms with Gasteiger partial charge in [-0.15, -0.1) is 0 Å². The molecule has 7 nitrogen and oxygen atoms in total. The molecule has 0 radical (unpaired) electrons. The van der Waals surface area contributed by atoms with E-state index in [1.807, 2.05) is 6.07 Å². The van der Waals surface area contributed by atoms with Crippen LogP contribution in [0.25, 0.3) is 122 Å². The van der Waals surface area contributed by atoms with Crippen LogP contribution in [-0.4, -0.2) is 24.1 Å². The van der Waals surface area contributed by atoms with Crippen LogP contribution in [0.1, 0.15) is 107 Å². The van der Waals surface area contributed by atoms with Crippen LogP contribution in [-0.2, 0) is 0 Å².